The molecule has 23 heavy (non-hydrogen) atoms. The van der Waals surface area contributed by atoms with Gasteiger partial charge < -0.3 is 5.11 Å². The molecule has 0 aliphatic heterocycles. The largest absolute Gasteiger partial charge is 0.508 e. The van der Waals surface area contributed by atoms with Crippen LogP contribution in [0.3, 0.4) is 0 Å². The van der Waals surface area contributed by atoms with Crippen molar-refractivity contribution in [1.29, 1.82) is 0 Å². The number of phenolic OH excluding ortho intramolecular Hbond substituents is 1. The number of rotatable bonds is 2. The van der Waals surface area contributed by atoms with Gasteiger partial charge >= 0.3 is 6.18 Å². The van der Waals surface area contributed by atoms with Crippen molar-refractivity contribution >= 4 is 38.9 Å². The van der Waals surface area contributed by atoms with Gasteiger partial charge in [0.05, 0.1) is 25.1 Å². The number of halogens is 5. The molecule has 0 aliphatic carbocycles. The lowest BCUT2D eigenvalue weighted by Gasteiger charge is -2.09. The number of aromatic nitrogens is 2. The van der Waals surface area contributed by atoms with Crippen molar-refractivity contribution < 1.29 is 18.3 Å². The third-order valence-electron chi connectivity index (χ3n) is 2.98. The van der Waals surface area contributed by atoms with Gasteiger partial charge in [-0.05, 0) is 46.3 Å². The van der Waals surface area contributed by atoms with Crippen LogP contribution in [-0.4, -0.2) is 14.9 Å². The molecular formula is C14H7BrClF3N2OS. The first-order valence-corrected chi connectivity index (χ1v) is 8.16. The topological polar surface area (TPSA) is 38.0 Å². The molecule has 2 aromatic heterocycles. The zero-order chi connectivity index (χ0) is 16.8. The van der Waals surface area contributed by atoms with E-state index in [9.17, 15) is 18.3 Å². The quantitative estimate of drug-likeness (QED) is 0.571. The minimum absolute atomic E-state index is 0.119. The van der Waals surface area contributed by atoms with Gasteiger partial charge in [-0.25, -0.2) is 4.68 Å². The third kappa shape index (κ3) is 3.24. The van der Waals surface area contributed by atoms with E-state index in [1.807, 2.05) is 0 Å². The van der Waals surface area contributed by atoms with Gasteiger partial charge in [0.2, 0.25) is 0 Å². The van der Waals surface area contributed by atoms with Crippen molar-refractivity contribution in [3.63, 3.8) is 0 Å². The van der Waals surface area contributed by atoms with Gasteiger partial charge in [-0.15, -0.1) is 11.3 Å². The van der Waals surface area contributed by atoms with Gasteiger partial charge in [-0.2, -0.15) is 18.3 Å². The molecule has 0 saturated heterocycles. The van der Waals surface area contributed by atoms with Gasteiger partial charge in [0.15, 0.2) is 5.69 Å². The Labute approximate surface area is 146 Å². The molecule has 1 N–H and O–H groups in total. The number of benzene rings is 1. The molecule has 3 aromatic rings. The lowest BCUT2D eigenvalue weighted by Crippen LogP contribution is -2.07. The molecule has 2 heterocycles. The van der Waals surface area contributed by atoms with Crippen LogP contribution in [-0.2, 0) is 6.18 Å². The van der Waals surface area contributed by atoms with E-state index in [1.165, 1.54) is 29.5 Å². The Balaban J connectivity index is 2.26. The summed E-state index contributed by atoms with van der Waals surface area (Å²) in [5, 5.41) is 13.4. The fourth-order valence-corrected chi connectivity index (χ4v) is 3.58. The van der Waals surface area contributed by atoms with E-state index in [1.54, 1.807) is 12.1 Å². The van der Waals surface area contributed by atoms with Gasteiger partial charge in [0.1, 0.15) is 5.75 Å². The first kappa shape index (κ1) is 16.4. The highest BCUT2D eigenvalue weighted by atomic mass is 79.9. The molecular weight excluding hydrogens is 417 g/mol. The van der Waals surface area contributed by atoms with Crippen LogP contribution < -0.4 is 0 Å². The van der Waals surface area contributed by atoms with E-state index in [0.717, 1.165) is 14.5 Å². The number of aromatic hydroxyl groups is 1. The summed E-state index contributed by atoms with van der Waals surface area (Å²) in [5.74, 6) is -0.119. The average Bonchev–Trinajstić information content (AvgIpc) is 3.07. The summed E-state index contributed by atoms with van der Waals surface area (Å²) in [6.07, 6.45) is -4.59. The highest BCUT2D eigenvalue weighted by molar-refractivity contribution is 9.11. The van der Waals surface area contributed by atoms with Crippen molar-refractivity contribution in [2.75, 3.05) is 0 Å². The predicted molar refractivity (Wildman–Crippen MR) is 86.3 cm³/mol. The first-order chi connectivity index (χ1) is 10.8. The Morgan fingerprint density at radius 1 is 1.17 bits per heavy atom. The molecule has 0 bridgehead atoms. The molecule has 0 spiro atoms. The molecule has 1 aromatic carbocycles. The molecule has 0 amide bonds. The fraction of sp³-hybridized carbons (Fsp3) is 0.0714. The van der Waals surface area contributed by atoms with Crippen molar-refractivity contribution in [3.05, 3.63) is 50.9 Å². The highest BCUT2D eigenvalue weighted by Gasteiger charge is 2.35. The zero-order valence-corrected chi connectivity index (χ0v) is 14.3. The maximum atomic E-state index is 13.0. The van der Waals surface area contributed by atoms with Gasteiger partial charge in [0.25, 0.3) is 0 Å². The van der Waals surface area contributed by atoms with E-state index >= 15 is 0 Å². The van der Waals surface area contributed by atoms with Crippen LogP contribution in [0.5, 0.6) is 5.75 Å². The number of phenols is 1. The summed E-state index contributed by atoms with van der Waals surface area (Å²) in [6, 6.07) is 8.38. The van der Waals surface area contributed by atoms with Crippen LogP contribution in [0.15, 0.2) is 40.2 Å². The summed E-state index contributed by atoms with van der Waals surface area (Å²) in [5.41, 5.74) is -0.626. The summed E-state index contributed by atoms with van der Waals surface area (Å²) in [6.45, 7) is 0. The van der Waals surface area contributed by atoms with Crippen LogP contribution in [0, 0.1) is 0 Å². The second-order valence-corrected chi connectivity index (χ2v) is 7.43. The molecule has 0 atom stereocenters. The minimum atomic E-state index is -4.59. The van der Waals surface area contributed by atoms with Gasteiger partial charge in [-0.1, -0.05) is 11.6 Å². The maximum absolute atomic E-state index is 13.0. The van der Waals surface area contributed by atoms with Gasteiger partial charge in [0, 0.05) is 6.07 Å². The molecule has 120 valence electrons. The Bertz CT molecular complexity index is 875. The Morgan fingerprint density at radius 3 is 2.52 bits per heavy atom. The number of alkyl halides is 3. The van der Waals surface area contributed by atoms with Crippen LogP contribution in [0.25, 0.3) is 16.3 Å². The van der Waals surface area contributed by atoms with E-state index in [4.69, 9.17) is 11.6 Å². The average molecular weight is 424 g/mol. The monoisotopic (exact) mass is 422 g/mol. The Morgan fingerprint density at radius 2 is 1.91 bits per heavy atom. The molecule has 0 saturated carbocycles. The number of hydrogen-bond acceptors (Lipinski definition) is 3. The van der Waals surface area contributed by atoms with Crippen molar-refractivity contribution in [2.24, 2.45) is 0 Å². The van der Waals surface area contributed by atoms with E-state index in [-0.39, 0.29) is 22.2 Å². The third-order valence-corrected chi connectivity index (χ3v) is 4.95. The van der Waals surface area contributed by atoms with Crippen molar-refractivity contribution in [2.45, 2.75) is 6.18 Å². The molecule has 3 rings (SSSR count). The molecule has 0 radical (unpaired) electrons. The van der Waals surface area contributed by atoms with E-state index in [2.05, 4.69) is 21.0 Å². The molecule has 3 nitrogen and oxygen atoms in total. The molecule has 0 fully saturated rings. The second kappa shape index (κ2) is 5.85. The zero-order valence-electron chi connectivity index (χ0n) is 11.1. The molecule has 9 heteroatoms. The SMILES string of the molecule is Oc1ccc(Cl)c(-n2nc(C(F)(F)F)cc2-c2ccc(Br)s2)c1. The summed E-state index contributed by atoms with van der Waals surface area (Å²) in [7, 11) is 0. The highest BCUT2D eigenvalue weighted by Crippen LogP contribution is 2.38. The summed E-state index contributed by atoms with van der Waals surface area (Å²) >= 11 is 10.6. The maximum Gasteiger partial charge on any atom is 0.435 e. The molecule has 0 unspecified atom stereocenters. The van der Waals surface area contributed by atoms with Gasteiger partial charge in [-0.3, -0.25) is 0 Å². The van der Waals surface area contributed by atoms with Crippen LogP contribution >= 0.6 is 38.9 Å². The smallest absolute Gasteiger partial charge is 0.435 e. The predicted octanol–water partition coefficient (Wildman–Crippen LogP) is 5.74. The van der Waals surface area contributed by atoms with Crippen molar-refractivity contribution in [3.8, 4) is 22.0 Å². The first-order valence-electron chi connectivity index (χ1n) is 6.17. The van der Waals surface area contributed by atoms with Crippen LogP contribution in [0.2, 0.25) is 5.02 Å². The lowest BCUT2D eigenvalue weighted by atomic mass is 10.2. The second-order valence-electron chi connectivity index (χ2n) is 4.56. The fourth-order valence-electron chi connectivity index (χ4n) is 1.99. The van der Waals surface area contributed by atoms with E-state index in [0.29, 0.717) is 4.88 Å². The minimum Gasteiger partial charge on any atom is -0.508 e. The van der Waals surface area contributed by atoms with E-state index < -0.39 is 11.9 Å². The lowest BCUT2D eigenvalue weighted by molar-refractivity contribution is -0.141. The number of thiophene rings is 1. The van der Waals surface area contributed by atoms with Crippen LogP contribution in [0.4, 0.5) is 13.2 Å². The molecule has 0 aliphatic rings. The standard InChI is InChI=1S/C14H7BrClF3N2OS/c15-13-4-3-11(23-13)10-6-12(14(17,18)19)20-21(10)9-5-7(22)1-2-8(9)16/h1-6,22H. The Hall–Kier alpha value is -1.51. The summed E-state index contributed by atoms with van der Waals surface area (Å²) in [4.78, 5) is 0.583. The Kier molecular flexibility index (Phi) is 4.16. The number of hydrogen-bond donors (Lipinski definition) is 1. The normalized spacial score (nSPS) is 11.9. The van der Waals surface area contributed by atoms with Crippen molar-refractivity contribution in [1.82, 2.24) is 9.78 Å². The van der Waals surface area contributed by atoms with Crippen LogP contribution in [0.1, 0.15) is 5.69 Å². The summed E-state index contributed by atoms with van der Waals surface area (Å²) < 4.78 is 41.0. The number of nitrogens with zero attached hydrogens (tertiary/aromatic N) is 2.